The Balaban J connectivity index is 1.23. The minimum atomic E-state index is -4.06. The normalized spacial score (nSPS) is 13.2. The number of aliphatic carboxylic acids is 1. The standard InChI is InChI=1S/C33H39N5O8S/c1-19-16-28(45-4)20(2)21(3)30(19)47(43,44)38-32(34)35-15-9-14-27(31(40)41)37-29(39)17-36-33(42)46-18-26-24-12-7-5-10-22(24)23-11-6-8-13-25(23)26/h5-8,10-13,16,26-27H,9,14-15,17-18H2,1-4H3,(H,36,42)(H,37,39)(H,40,41)(H3,34,35,38). The Hall–Kier alpha value is -5.11. The van der Waals surface area contributed by atoms with Crippen LogP contribution in [0, 0.1) is 20.8 Å². The summed E-state index contributed by atoms with van der Waals surface area (Å²) in [6.45, 7) is 4.63. The Morgan fingerprint density at radius 3 is 2.21 bits per heavy atom. The van der Waals surface area contributed by atoms with Crippen LogP contribution in [0.4, 0.5) is 4.79 Å². The van der Waals surface area contributed by atoms with Gasteiger partial charge in [-0.25, -0.2) is 22.7 Å². The lowest BCUT2D eigenvalue weighted by Gasteiger charge is -2.17. The average molecular weight is 666 g/mol. The van der Waals surface area contributed by atoms with E-state index in [1.54, 1.807) is 26.8 Å². The van der Waals surface area contributed by atoms with Gasteiger partial charge in [0.15, 0.2) is 0 Å². The number of methoxy groups -OCH3 is 1. The first kappa shape index (κ1) is 34.8. The topological polar surface area (TPSA) is 199 Å². The van der Waals surface area contributed by atoms with Crippen molar-refractivity contribution in [1.29, 1.82) is 0 Å². The quantitative estimate of drug-likeness (QED) is 0.103. The molecule has 0 aromatic heterocycles. The highest BCUT2D eigenvalue weighted by Gasteiger charge is 2.29. The Labute approximate surface area is 273 Å². The highest BCUT2D eigenvalue weighted by atomic mass is 32.2. The van der Waals surface area contributed by atoms with Gasteiger partial charge in [0.25, 0.3) is 10.0 Å². The molecule has 2 amide bonds. The van der Waals surface area contributed by atoms with Gasteiger partial charge in [0, 0.05) is 12.5 Å². The summed E-state index contributed by atoms with van der Waals surface area (Å²) in [6.07, 6.45) is -0.665. The van der Waals surface area contributed by atoms with E-state index in [0.717, 1.165) is 22.3 Å². The third-order valence-corrected chi connectivity index (χ3v) is 9.65. The molecule has 0 spiro atoms. The second-order valence-corrected chi connectivity index (χ2v) is 12.7. The molecule has 3 aromatic rings. The zero-order valence-electron chi connectivity index (χ0n) is 26.6. The first-order valence-electron chi connectivity index (χ1n) is 14.9. The number of benzene rings is 3. The maximum atomic E-state index is 13.0. The Bertz CT molecular complexity index is 1760. The van der Waals surface area contributed by atoms with Crippen molar-refractivity contribution in [2.24, 2.45) is 10.7 Å². The zero-order chi connectivity index (χ0) is 34.3. The van der Waals surface area contributed by atoms with Crippen LogP contribution >= 0.6 is 0 Å². The summed E-state index contributed by atoms with van der Waals surface area (Å²) >= 11 is 0. The number of aryl methyl sites for hydroxylation is 1. The summed E-state index contributed by atoms with van der Waals surface area (Å²) in [5.41, 5.74) is 11.7. The molecule has 0 aliphatic heterocycles. The molecule has 4 rings (SSSR count). The number of hydrogen-bond donors (Lipinski definition) is 5. The van der Waals surface area contributed by atoms with Gasteiger partial charge >= 0.3 is 12.1 Å². The van der Waals surface area contributed by atoms with Gasteiger partial charge in [-0.15, -0.1) is 0 Å². The summed E-state index contributed by atoms with van der Waals surface area (Å²) in [4.78, 5) is 40.6. The summed E-state index contributed by atoms with van der Waals surface area (Å²) in [5, 5.41) is 14.3. The number of aliphatic imine (C=N–C) groups is 1. The van der Waals surface area contributed by atoms with Crippen molar-refractivity contribution in [2.45, 2.75) is 50.5 Å². The number of nitrogens with two attached hydrogens (primary N) is 1. The molecule has 1 atom stereocenters. The van der Waals surface area contributed by atoms with Gasteiger partial charge in [0.05, 0.1) is 12.0 Å². The van der Waals surface area contributed by atoms with Crippen LogP contribution in [0.2, 0.25) is 0 Å². The molecule has 0 saturated carbocycles. The highest BCUT2D eigenvalue weighted by Crippen LogP contribution is 2.44. The van der Waals surface area contributed by atoms with E-state index in [1.165, 1.54) is 7.11 Å². The number of carboxylic acid groups (broad SMARTS) is 1. The molecule has 0 fully saturated rings. The Morgan fingerprint density at radius 2 is 1.62 bits per heavy atom. The second kappa shape index (κ2) is 15.0. The van der Waals surface area contributed by atoms with Crippen LogP contribution in [0.3, 0.4) is 0 Å². The summed E-state index contributed by atoms with van der Waals surface area (Å²) < 4.78 is 39.0. The number of fused-ring (bicyclic) bond motifs is 3. The number of guanidine groups is 1. The maximum absolute atomic E-state index is 13.0. The van der Waals surface area contributed by atoms with Crippen molar-refractivity contribution < 1.29 is 37.4 Å². The first-order valence-corrected chi connectivity index (χ1v) is 16.4. The number of carboxylic acids is 1. The van der Waals surface area contributed by atoms with Crippen LogP contribution in [0.15, 0.2) is 64.5 Å². The molecule has 14 heteroatoms. The molecular formula is C33H39N5O8S. The molecule has 3 aromatic carbocycles. The lowest BCUT2D eigenvalue weighted by atomic mass is 9.98. The van der Waals surface area contributed by atoms with Crippen LogP contribution in [0.5, 0.6) is 5.75 Å². The number of ether oxygens (including phenoxy) is 2. The number of rotatable bonds is 13. The van der Waals surface area contributed by atoms with E-state index in [4.69, 9.17) is 15.2 Å². The molecular weight excluding hydrogens is 626 g/mol. The van der Waals surface area contributed by atoms with Crippen molar-refractivity contribution in [3.8, 4) is 16.9 Å². The summed E-state index contributed by atoms with van der Waals surface area (Å²) in [5.74, 6) is -1.94. The molecule has 0 radical (unpaired) electrons. The van der Waals surface area contributed by atoms with Gasteiger partial charge < -0.3 is 30.9 Å². The van der Waals surface area contributed by atoms with Crippen LogP contribution in [-0.2, 0) is 24.3 Å². The monoisotopic (exact) mass is 665 g/mol. The third-order valence-electron chi connectivity index (χ3n) is 8.01. The van der Waals surface area contributed by atoms with Crippen molar-refractivity contribution in [3.05, 3.63) is 82.4 Å². The Morgan fingerprint density at radius 1 is 1.00 bits per heavy atom. The van der Waals surface area contributed by atoms with Gasteiger partial charge in [-0.2, -0.15) is 0 Å². The fourth-order valence-corrected chi connectivity index (χ4v) is 7.15. The predicted molar refractivity (Wildman–Crippen MR) is 176 cm³/mol. The minimum Gasteiger partial charge on any atom is -0.496 e. The third kappa shape index (κ3) is 8.19. The number of nitrogens with zero attached hydrogens (tertiary/aromatic N) is 1. The molecule has 0 heterocycles. The van der Waals surface area contributed by atoms with Crippen LogP contribution < -0.4 is 25.8 Å². The smallest absolute Gasteiger partial charge is 0.407 e. The number of carbonyl (C=O) groups is 3. The zero-order valence-corrected chi connectivity index (χ0v) is 27.4. The van der Waals surface area contributed by atoms with E-state index in [-0.39, 0.29) is 42.8 Å². The van der Waals surface area contributed by atoms with Gasteiger partial charge in [0.1, 0.15) is 24.9 Å². The van der Waals surface area contributed by atoms with Crippen molar-refractivity contribution in [3.63, 3.8) is 0 Å². The molecule has 47 heavy (non-hydrogen) atoms. The second-order valence-electron chi connectivity index (χ2n) is 11.1. The van der Waals surface area contributed by atoms with Gasteiger partial charge in [-0.1, -0.05) is 48.5 Å². The fourth-order valence-electron chi connectivity index (χ4n) is 5.67. The highest BCUT2D eigenvalue weighted by molar-refractivity contribution is 7.90. The van der Waals surface area contributed by atoms with E-state index in [9.17, 15) is 27.9 Å². The molecule has 250 valence electrons. The molecule has 13 nitrogen and oxygen atoms in total. The molecule has 0 bridgehead atoms. The Kier molecular flexibility index (Phi) is 11.1. The molecule has 6 N–H and O–H groups in total. The van der Waals surface area contributed by atoms with Crippen LogP contribution in [-0.4, -0.2) is 70.3 Å². The number of amides is 2. The average Bonchev–Trinajstić information content (AvgIpc) is 3.35. The first-order chi connectivity index (χ1) is 22.3. The van der Waals surface area contributed by atoms with E-state index < -0.39 is 40.6 Å². The number of carbonyl (C=O) groups excluding carboxylic acids is 2. The van der Waals surface area contributed by atoms with Crippen LogP contribution in [0.25, 0.3) is 11.1 Å². The number of nitrogens with one attached hydrogen (secondary N) is 3. The van der Waals surface area contributed by atoms with Gasteiger partial charge in [-0.3, -0.25) is 9.79 Å². The molecule has 1 unspecified atom stereocenters. The molecule has 0 saturated heterocycles. The predicted octanol–water partition coefficient (Wildman–Crippen LogP) is 3.10. The lowest BCUT2D eigenvalue weighted by Crippen LogP contribution is -2.45. The van der Waals surface area contributed by atoms with E-state index in [2.05, 4.69) is 20.3 Å². The SMILES string of the molecule is COc1cc(C)c(S(=O)(=O)NC(N)=NCCCC(NC(=O)CNC(=O)OCC2c3ccccc3-c3ccccc32)C(=O)O)c(C)c1C. The van der Waals surface area contributed by atoms with Crippen molar-refractivity contribution in [2.75, 3.05) is 26.8 Å². The van der Waals surface area contributed by atoms with Crippen molar-refractivity contribution >= 4 is 34.0 Å². The van der Waals surface area contributed by atoms with E-state index in [1.807, 2.05) is 48.5 Å². The molecule has 1 aliphatic carbocycles. The minimum absolute atomic E-state index is 0.00833. The summed E-state index contributed by atoms with van der Waals surface area (Å²) in [7, 11) is -2.55. The molecule has 1 aliphatic rings. The summed E-state index contributed by atoms with van der Waals surface area (Å²) in [6, 6.07) is 16.1. The lowest BCUT2D eigenvalue weighted by molar-refractivity contribution is -0.141. The van der Waals surface area contributed by atoms with Gasteiger partial charge in [0.2, 0.25) is 11.9 Å². The number of hydrogen-bond acceptors (Lipinski definition) is 8. The van der Waals surface area contributed by atoms with Crippen LogP contribution in [0.1, 0.15) is 46.6 Å². The van der Waals surface area contributed by atoms with E-state index >= 15 is 0 Å². The largest absolute Gasteiger partial charge is 0.496 e. The maximum Gasteiger partial charge on any atom is 0.407 e. The van der Waals surface area contributed by atoms with E-state index in [0.29, 0.717) is 22.4 Å². The number of sulfonamides is 1. The fraction of sp³-hybridized carbons (Fsp3) is 0.333. The van der Waals surface area contributed by atoms with Gasteiger partial charge in [-0.05, 0) is 78.6 Å². The number of alkyl carbamates (subject to hydrolysis) is 1. The van der Waals surface area contributed by atoms with Crippen molar-refractivity contribution in [1.82, 2.24) is 15.4 Å².